The number of furan rings is 1. The Morgan fingerprint density at radius 3 is 2.00 bits per heavy atom. The van der Waals surface area contributed by atoms with E-state index in [9.17, 15) is 5.41 Å². The van der Waals surface area contributed by atoms with Gasteiger partial charge in [0.05, 0.1) is 0 Å². The quantitative estimate of drug-likeness (QED) is 0.118. The maximum absolute atomic E-state index is 9.33. The topological polar surface area (TPSA) is 61.7 Å². The van der Waals surface area contributed by atoms with E-state index in [1.807, 2.05) is 85.1 Å². The molecule has 0 spiro atoms. The summed E-state index contributed by atoms with van der Waals surface area (Å²) in [6.45, 7) is 0. The molecular weight excluding hydrogens is 599 g/mol. The van der Waals surface area contributed by atoms with E-state index >= 15 is 0 Å². The van der Waals surface area contributed by atoms with Crippen molar-refractivity contribution in [1.29, 1.82) is 5.41 Å². The van der Waals surface area contributed by atoms with Crippen molar-refractivity contribution >= 4 is 72.1 Å². The Balaban J connectivity index is 1.17. The van der Waals surface area contributed by atoms with Crippen LogP contribution in [0.5, 0.6) is 0 Å². The molecule has 9 rings (SSSR count). The smallest absolute Gasteiger partial charge is 0.161 e. The van der Waals surface area contributed by atoms with Crippen molar-refractivity contribution in [1.82, 2.24) is 0 Å². The van der Waals surface area contributed by atoms with Gasteiger partial charge in [0.25, 0.3) is 0 Å². The van der Waals surface area contributed by atoms with Gasteiger partial charge in [0, 0.05) is 33.7 Å². The Kier molecular flexibility index (Phi) is 6.91. The lowest BCUT2D eigenvalue weighted by Crippen LogP contribution is -2.05. The van der Waals surface area contributed by atoms with E-state index in [0.717, 1.165) is 71.3 Å². The second-order valence-electron chi connectivity index (χ2n) is 12.1. The molecule has 0 aliphatic carbocycles. The highest BCUT2D eigenvalue weighted by atomic mass is 16.3. The maximum Gasteiger partial charge on any atom is 0.161 e. The molecule has 49 heavy (non-hydrogen) atoms. The number of rotatable bonds is 4. The SMILES string of the molecule is N=C(N=C(N=Cc1cc2ccccc2c2ccccc12)c1ccccc1)c1ccc(-c2cccc3oc4ccccc4c23)c2ccccc12. The first-order valence-corrected chi connectivity index (χ1v) is 16.3. The average molecular weight is 628 g/mol. The third-order valence-electron chi connectivity index (χ3n) is 9.25. The molecule has 0 aliphatic rings. The van der Waals surface area contributed by atoms with Gasteiger partial charge in [0.1, 0.15) is 11.2 Å². The molecule has 8 aromatic carbocycles. The molecule has 0 bridgehead atoms. The lowest BCUT2D eigenvalue weighted by Gasteiger charge is -2.12. The van der Waals surface area contributed by atoms with Crippen molar-refractivity contribution in [2.45, 2.75) is 0 Å². The van der Waals surface area contributed by atoms with Crippen LogP contribution in [0.1, 0.15) is 16.7 Å². The summed E-state index contributed by atoms with van der Waals surface area (Å²) in [5, 5.41) is 18.2. The van der Waals surface area contributed by atoms with Gasteiger partial charge in [-0.1, -0.05) is 140 Å². The Morgan fingerprint density at radius 2 is 1.16 bits per heavy atom. The Morgan fingerprint density at radius 1 is 0.510 bits per heavy atom. The molecule has 230 valence electrons. The van der Waals surface area contributed by atoms with Gasteiger partial charge in [-0.05, 0) is 67.7 Å². The van der Waals surface area contributed by atoms with Gasteiger partial charge in [-0.3, -0.25) is 5.41 Å². The molecule has 1 N–H and O–H groups in total. The van der Waals surface area contributed by atoms with E-state index in [-0.39, 0.29) is 5.84 Å². The molecular formula is C45H29N3O. The van der Waals surface area contributed by atoms with Gasteiger partial charge in [-0.15, -0.1) is 0 Å². The second kappa shape index (κ2) is 11.9. The first-order chi connectivity index (χ1) is 24.2. The van der Waals surface area contributed by atoms with E-state index in [1.165, 1.54) is 10.8 Å². The molecule has 0 saturated heterocycles. The van der Waals surface area contributed by atoms with Crippen molar-refractivity contribution in [3.63, 3.8) is 0 Å². The summed E-state index contributed by atoms with van der Waals surface area (Å²) < 4.78 is 6.21. The largest absolute Gasteiger partial charge is 0.456 e. The normalized spacial score (nSPS) is 12.2. The van der Waals surface area contributed by atoms with E-state index in [0.29, 0.717) is 5.84 Å². The van der Waals surface area contributed by atoms with Crippen LogP contribution >= 0.6 is 0 Å². The average Bonchev–Trinajstić information content (AvgIpc) is 3.55. The summed E-state index contributed by atoms with van der Waals surface area (Å²) in [6, 6.07) is 55.6. The number of hydrogen-bond donors (Lipinski definition) is 1. The van der Waals surface area contributed by atoms with Gasteiger partial charge >= 0.3 is 0 Å². The minimum atomic E-state index is 0.147. The maximum atomic E-state index is 9.33. The summed E-state index contributed by atoms with van der Waals surface area (Å²) in [6.07, 6.45) is 1.88. The highest BCUT2D eigenvalue weighted by Gasteiger charge is 2.17. The predicted molar refractivity (Wildman–Crippen MR) is 206 cm³/mol. The molecule has 0 saturated carbocycles. The van der Waals surface area contributed by atoms with Crippen molar-refractivity contribution in [2.75, 3.05) is 0 Å². The number of amidine groups is 2. The van der Waals surface area contributed by atoms with Gasteiger partial charge in [-0.25, -0.2) is 9.98 Å². The van der Waals surface area contributed by atoms with E-state index in [1.54, 1.807) is 0 Å². The molecule has 1 aromatic heterocycles. The molecule has 9 aromatic rings. The van der Waals surface area contributed by atoms with Gasteiger partial charge < -0.3 is 4.42 Å². The van der Waals surface area contributed by atoms with Crippen LogP contribution in [0.4, 0.5) is 0 Å². The third-order valence-corrected chi connectivity index (χ3v) is 9.25. The Bertz CT molecular complexity index is 2790. The van der Waals surface area contributed by atoms with Crippen LogP contribution in [0, 0.1) is 5.41 Å². The molecule has 0 radical (unpaired) electrons. The minimum absolute atomic E-state index is 0.147. The number of para-hydroxylation sites is 1. The third kappa shape index (κ3) is 4.98. The standard InChI is InChI=1S/C45H29N3O/c46-44(39-26-25-37(35-19-8-9-20-36(35)39)38-22-12-24-42-43(38)40-21-10-11-23-41(40)49-42)48-45(29-13-2-1-3-14-29)47-28-31-27-30-15-4-5-16-32(30)34-18-7-6-17-33(31)34/h1-28,46H. The fraction of sp³-hybridized carbons (Fsp3) is 0. The lowest BCUT2D eigenvalue weighted by molar-refractivity contribution is 0.669. The number of fused-ring (bicyclic) bond motifs is 7. The number of benzene rings is 8. The van der Waals surface area contributed by atoms with Gasteiger partial charge in [0.15, 0.2) is 11.7 Å². The lowest BCUT2D eigenvalue weighted by atomic mass is 9.92. The van der Waals surface area contributed by atoms with Crippen LogP contribution in [-0.2, 0) is 0 Å². The van der Waals surface area contributed by atoms with Crippen LogP contribution < -0.4 is 0 Å². The molecule has 0 amide bonds. The van der Waals surface area contributed by atoms with E-state index in [4.69, 9.17) is 14.4 Å². The summed E-state index contributed by atoms with van der Waals surface area (Å²) in [5.74, 6) is 0.625. The first kappa shape index (κ1) is 28.6. The number of aliphatic imine (C=N–C) groups is 2. The molecule has 4 heteroatoms. The molecule has 0 atom stereocenters. The Labute approximate surface area is 282 Å². The van der Waals surface area contributed by atoms with E-state index in [2.05, 4.69) is 84.9 Å². The first-order valence-electron chi connectivity index (χ1n) is 16.3. The predicted octanol–water partition coefficient (Wildman–Crippen LogP) is 11.6. The van der Waals surface area contributed by atoms with Gasteiger partial charge in [-0.2, -0.15) is 0 Å². The van der Waals surface area contributed by atoms with Crippen LogP contribution in [0.2, 0.25) is 0 Å². The van der Waals surface area contributed by atoms with Crippen LogP contribution in [-0.4, -0.2) is 17.9 Å². The summed E-state index contributed by atoms with van der Waals surface area (Å²) in [7, 11) is 0. The zero-order valence-corrected chi connectivity index (χ0v) is 26.5. The van der Waals surface area contributed by atoms with Crippen molar-refractivity contribution < 1.29 is 4.42 Å². The fourth-order valence-corrected chi connectivity index (χ4v) is 6.98. The van der Waals surface area contributed by atoms with Crippen molar-refractivity contribution in [2.24, 2.45) is 9.98 Å². The van der Waals surface area contributed by atoms with Crippen molar-refractivity contribution in [3.05, 3.63) is 180 Å². The molecule has 1 heterocycles. The zero-order chi connectivity index (χ0) is 32.7. The molecule has 0 unspecified atom stereocenters. The molecule has 4 nitrogen and oxygen atoms in total. The summed E-state index contributed by atoms with van der Waals surface area (Å²) in [4.78, 5) is 9.86. The second-order valence-corrected chi connectivity index (χ2v) is 12.1. The van der Waals surface area contributed by atoms with Crippen molar-refractivity contribution in [3.8, 4) is 11.1 Å². The highest BCUT2D eigenvalue weighted by Crippen LogP contribution is 2.40. The molecule has 0 aliphatic heterocycles. The van der Waals surface area contributed by atoms with E-state index < -0.39 is 0 Å². The minimum Gasteiger partial charge on any atom is -0.456 e. The monoisotopic (exact) mass is 627 g/mol. The number of nitrogens with one attached hydrogen (secondary N) is 1. The van der Waals surface area contributed by atoms with Crippen LogP contribution in [0.15, 0.2) is 178 Å². The molecule has 0 fully saturated rings. The number of hydrogen-bond acceptors (Lipinski definition) is 2. The Hall–Kier alpha value is -6.65. The highest BCUT2D eigenvalue weighted by molar-refractivity contribution is 6.21. The summed E-state index contributed by atoms with van der Waals surface area (Å²) in [5.41, 5.74) is 6.48. The van der Waals surface area contributed by atoms with Crippen LogP contribution in [0.3, 0.4) is 0 Å². The van der Waals surface area contributed by atoms with Crippen LogP contribution in [0.25, 0.3) is 65.4 Å². The zero-order valence-electron chi connectivity index (χ0n) is 26.5. The fourth-order valence-electron chi connectivity index (χ4n) is 6.98. The van der Waals surface area contributed by atoms with Gasteiger partial charge in [0.2, 0.25) is 0 Å². The summed E-state index contributed by atoms with van der Waals surface area (Å²) >= 11 is 0. The number of nitrogens with zero attached hydrogens (tertiary/aromatic N) is 2.